The lowest BCUT2D eigenvalue weighted by atomic mass is 10.2. The maximum Gasteiger partial charge on any atom is 0.475 e. The Morgan fingerprint density at radius 3 is 2.32 bits per heavy atom. The Bertz CT molecular complexity index is 321. The minimum atomic E-state index is -5.69. The molecular formula is C10H15ClF5N3. The third kappa shape index (κ3) is 3.61. The normalized spacial score (nSPS) is 20.5. The van der Waals surface area contributed by atoms with E-state index < -0.39 is 17.8 Å². The summed E-state index contributed by atoms with van der Waals surface area (Å²) in [5, 5.41) is 4.52. The minimum absolute atomic E-state index is 0.245. The smallest absolute Gasteiger partial charge is 0.259 e. The third-order valence-electron chi connectivity index (χ3n) is 2.71. The largest absolute Gasteiger partial charge is 0.475 e. The van der Waals surface area contributed by atoms with Crippen LogP contribution in [-0.4, -0.2) is 40.6 Å². The van der Waals surface area contributed by atoms with Crippen molar-refractivity contribution in [3.8, 4) is 0 Å². The van der Waals surface area contributed by atoms with Gasteiger partial charge in [-0.3, -0.25) is 9.91 Å². The molecule has 9 heteroatoms. The number of hydrogen-bond donors (Lipinski definition) is 0. The minimum Gasteiger partial charge on any atom is -0.259 e. The van der Waals surface area contributed by atoms with E-state index in [1.807, 2.05) is 6.92 Å². The number of hydrogen-bond acceptors (Lipinski definition) is 3. The molecule has 1 rings (SSSR count). The van der Waals surface area contributed by atoms with Gasteiger partial charge >= 0.3 is 12.2 Å². The number of hydrazone groups is 1. The Hall–Kier alpha value is -0.790. The van der Waals surface area contributed by atoms with Crippen LogP contribution in [0.4, 0.5) is 22.0 Å². The molecule has 1 aliphatic rings. The van der Waals surface area contributed by atoms with Crippen LogP contribution in [0.1, 0.15) is 32.6 Å². The highest BCUT2D eigenvalue weighted by molar-refractivity contribution is 6.21. The first-order valence-electron chi connectivity index (χ1n) is 5.89. The van der Waals surface area contributed by atoms with Gasteiger partial charge in [0, 0.05) is 6.54 Å². The molecule has 19 heavy (non-hydrogen) atoms. The van der Waals surface area contributed by atoms with E-state index >= 15 is 0 Å². The summed E-state index contributed by atoms with van der Waals surface area (Å²) >= 11 is 5.59. The molecule has 0 radical (unpaired) electrons. The zero-order chi connectivity index (χ0) is 14.7. The summed E-state index contributed by atoms with van der Waals surface area (Å²) in [6, 6.07) is -5.03. The molecule has 1 aliphatic heterocycles. The van der Waals surface area contributed by atoms with E-state index in [1.165, 1.54) is 0 Å². The van der Waals surface area contributed by atoms with E-state index in [4.69, 9.17) is 11.6 Å². The Balaban J connectivity index is 2.56. The van der Waals surface area contributed by atoms with Gasteiger partial charge < -0.3 is 0 Å². The number of alkyl halides is 6. The van der Waals surface area contributed by atoms with Gasteiger partial charge in [0.2, 0.25) is 5.62 Å². The molecule has 112 valence electrons. The Morgan fingerprint density at radius 1 is 1.16 bits per heavy atom. The van der Waals surface area contributed by atoms with Crippen molar-refractivity contribution in [3.63, 3.8) is 0 Å². The van der Waals surface area contributed by atoms with Gasteiger partial charge in [-0.1, -0.05) is 37.8 Å². The van der Waals surface area contributed by atoms with E-state index in [0.717, 1.165) is 24.3 Å². The summed E-state index contributed by atoms with van der Waals surface area (Å²) < 4.78 is 62.8. The summed E-state index contributed by atoms with van der Waals surface area (Å²) in [7, 11) is 0. The molecule has 1 heterocycles. The van der Waals surface area contributed by atoms with Crippen molar-refractivity contribution in [2.45, 2.75) is 50.5 Å². The predicted octanol–water partition coefficient (Wildman–Crippen LogP) is 3.81. The van der Waals surface area contributed by atoms with E-state index in [1.54, 1.807) is 0 Å². The first kappa shape index (κ1) is 16.3. The molecule has 0 fully saturated rings. The van der Waals surface area contributed by atoms with Crippen LogP contribution < -0.4 is 0 Å². The van der Waals surface area contributed by atoms with Crippen molar-refractivity contribution in [2.24, 2.45) is 5.10 Å². The van der Waals surface area contributed by atoms with Crippen LogP contribution >= 0.6 is 11.6 Å². The monoisotopic (exact) mass is 307 g/mol. The fourth-order valence-corrected chi connectivity index (χ4v) is 1.91. The molecule has 0 amide bonds. The number of rotatable bonds is 6. The number of halogens is 6. The highest BCUT2D eigenvalue weighted by Crippen LogP contribution is 2.41. The summed E-state index contributed by atoms with van der Waals surface area (Å²) in [5.74, 6) is 0. The Kier molecular flexibility index (Phi) is 5.23. The van der Waals surface area contributed by atoms with Gasteiger partial charge in [0.05, 0.1) is 0 Å². The molecule has 0 saturated carbocycles. The van der Waals surface area contributed by atoms with E-state index in [2.05, 4.69) is 5.10 Å². The van der Waals surface area contributed by atoms with Gasteiger partial charge in [-0.2, -0.15) is 27.1 Å². The van der Waals surface area contributed by atoms with Gasteiger partial charge in [-0.05, 0) is 6.42 Å². The van der Waals surface area contributed by atoms with Crippen LogP contribution in [-0.2, 0) is 0 Å². The molecule has 0 N–H and O–H groups in total. The molecule has 0 spiro atoms. The standard InChI is InChI=1S/C10H15ClF5N3/c1-2-3-4-5-6-19-8(11)18(7-17-19)10(15,16)9(12,13)14/h7-8H,2-6H2,1H3. The third-order valence-corrected chi connectivity index (χ3v) is 3.14. The molecule has 0 aromatic heterocycles. The van der Waals surface area contributed by atoms with Crippen molar-refractivity contribution in [3.05, 3.63) is 0 Å². The topological polar surface area (TPSA) is 18.8 Å². The molecule has 0 bridgehead atoms. The molecule has 0 aliphatic carbocycles. The zero-order valence-electron chi connectivity index (χ0n) is 10.3. The summed E-state index contributed by atoms with van der Waals surface area (Å²) in [6.45, 7) is 2.25. The molecule has 0 aromatic carbocycles. The second-order valence-corrected chi connectivity index (χ2v) is 4.60. The first-order chi connectivity index (χ1) is 8.71. The Labute approximate surface area is 113 Å². The van der Waals surface area contributed by atoms with E-state index in [0.29, 0.717) is 12.8 Å². The lowest BCUT2D eigenvalue weighted by Crippen LogP contribution is -2.55. The van der Waals surface area contributed by atoms with Gasteiger partial charge in [0.1, 0.15) is 6.34 Å². The lowest BCUT2D eigenvalue weighted by molar-refractivity contribution is -0.329. The van der Waals surface area contributed by atoms with Crippen molar-refractivity contribution >= 4 is 17.9 Å². The van der Waals surface area contributed by atoms with E-state index in [9.17, 15) is 22.0 Å². The zero-order valence-corrected chi connectivity index (χ0v) is 11.1. The van der Waals surface area contributed by atoms with Crippen molar-refractivity contribution < 1.29 is 22.0 Å². The first-order valence-corrected chi connectivity index (χ1v) is 6.33. The second kappa shape index (κ2) is 6.11. The van der Waals surface area contributed by atoms with Crippen LogP contribution in [0, 0.1) is 0 Å². The fourth-order valence-electron chi connectivity index (χ4n) is 1.59. The quantitative estimate of drug-likeness (QED) is 0.322. The Morgan fingerprint density at radius 2 is 1.79 bits per heavy atom. The highest BCUT2D eigenvalue weighted by Gasteiger charge is 2.64. The molecule has 0 aromatic rings. The highest BCUT2D eigenvalue weighted by atomic mass is 35.5. The summed E-state index contributed by atoms with van der Waals surface area (Å²) in [5.41, 5.74) is -1.63. The van der Waals surface area contributed by atoms with Crippen LogP contribution in [0.5, 0.6) is 0 Å². The van der Waals surface area contributed by atoms with Gasteiger partial charge in [-0.25, -0.2) is 0 Å². The molecular weight excluding hydrogens is 293 g/mol. The maximum absolute atomic E-state index is 13.1. The predicted molar refractivity (Wildman–Crippen MR) is 61.8 cm³/mol. The second-order valence-electron chi connectivity index (χ2n) is 4.21. The van der Waals surface area contributed by atoms with Crippen LogP contribution in [0.25, 0.3) is 0 Å². The van der Waals surface area contributed by atoms with Gasteiger partial charge in [0.25, 0.3) is 0 Å². The lowest BCUT2D eigenvalue weighted by Gasteiger charge is -2.32. The van der Waals surface area contributed by atoms with E-state index in [-0.39, 0.29) is 11.4 Å². The molecule has 1 atom stereocenters. The fraction of sp³-hybridized carbons (Fsp3) is 0.900. The van der Waals surface area contributed by atoms with Gasteiger partial charge in [-0.15, -0.1) is 0 Å². The summed E-state index contributed by atoms with van der Waals surface area (Å²) in [6.07, 6.45) is -1.81. The molecule has 0 saturated heterocycles. The van der Waals surface area contributed by atoms with Crippen LogP contribution in [0.3, 0.4) is 0 Å². The number of unbranched alkanes of at least 4 members (excludes halogenated alkanes) is 3. The number of nitrogens with zero attached hydrogens (tertiary/aromatic N) is 3. The SMILES string of the molecule is CCCCCCN1N=CN(C(F)(F)C(F)(F)F)C1Cl. The van der Waals surface area contributed by atoms with Crippen LogP contribution in [0.2, 0.25) is 0 Å². The van der Waals surface area contributed by atoms with Crippen molar-refractivity contribution in [1.29, 1.82) is 0 Å². The van der Waals surface area contributed by atoms with Crippen molar-refractivity contribution in [1.82, 2.24) is 9.91 Å². The maximum atomic E-state index is 13.1. The molecule has 1 unspecified atom stereocenters. The van der Waals surface area contributed by atoms with Crippen LogP contribution in [0.15, 0.2) is 5.10 Å². The molecule has 3 nitrogen and oxygen atoms in total. The van der Waals surface area contributed by atoms with Gasteiger partial charge in [0.15, 0.2) is 0 Å². The average molecular weight is 308 g/mol. The van der Waals surface area contributed by atoms with Crippen molar-refractivity contribution in [2.75, 3.05) is 6.54 Å². The summed E-state index contributed by atoms with van der Waals surface area (Å²) in [4.78, 5) is -0.283. The average Bonchev–Trinajstić information content (AvgIpc) is 2.65.